The number of hydrogen-bond donors (Lipinski definition) is 0. The van der Waals surface area contributed by atoms with Gasteiger partial charge in [0.05, 0.1) is 5.46 Å². The van der Waals surface area contributed by atoms with Crippen molar-refractivity contribution < 1.29 is 40.8 Å². The Kier molecular flexibility index (Phi) is 3.17. The first-order valence-corrected chi connectivity index (χ1v) is 4.73. The third-order valence-electron chi connectivity index (χ3n) is 2.25. The van der Waals surface area contributed by atoms with E-state index in [1.54, 1.807) is 0 Å². The van der Waals surface area contributed by atoms with Gasteiger partial charge in [-0.2, -0.15) is 0 Å². The van der Waals surface area contributed by atoms with Crippen LogP contribution in [0.15, 0.2) is 0 Å². The zero-order valence-corrected chi connectivity index (χ0v) is 8.81. The van der Waals surface area contributed by atoms with Crippen LogP contribution in [0.3, 0.4) is 0 Å². The highest BCUT2D eigenvalue weighted by molar-refractivity contribution is 6.65. The van der Waals surface area contributed by atoms with E-state index in [1.165, 1.54) is 0 Å². The Bertz CT molecular complexity index is 545. The highest BCUT2D eigenvalue weighted by Crippen LogP contribution is 2.18. The monoisotopic (exact) mass is 280 g/mol. The molecule has 1 aromatic carbocycles. The fourth-order valence-electron chi connectivity index (χ4n) is 1.41. The summed E-state index contributed by atoms with van der Waals surface area (Å²) < 4.78 is 73.7. The first kappa shape index (κ1) is 13.3. The minimum absolute atomic E-state index is 0.814. The number of carbonyl (C=O) groups is 2. The van der Waals surface area contributed by atoms with Gasteiger partial charge in [-0.15, -0.1) is 0 Å². The molecule has 0 bridgehead atoms. The van der Waals surface area contributed by atoms with Crippen molar-refractivity contribution in [2.45, 2.75) is 6.42 Å². The van der Waals surface area contributed by atoms with Gasteiger partial charge in [0.25, 0.3) is 0 Å². The molecule has 1 saturated heterocycles. The van der Waals surface area contributed by atoms with E-state index in [-0.39, 0.29) is 0 Å². The minimum Gasteiger partial charge on any atom is -0.495 e. The van der Waals surface area contributed by atoms with E-state index in [9.17, 15) is 31.5 Å². The maximum absolute atomic E-state index is 13.3. The summed E-state index contributed by atoms with van der Waals surface area (Å²) in [6, 6.07) is 0. The average Bonchev–Trinajstić information content (AvgIpc) is 2.33. The van der Waals surface area contributed by atoms with Crippen LogP contribution in [-0.4, -0.2) is 19.1 Å². The molecule has 1 aliphatic heterocycles. The van der Waals surface area contributed by atoms with Crippen molar-refractivity contribution in [3.63, 3.8) is 0 Å². The molecular weight excluding hydrogens is 278 g/mol. The number of hydrogen-bond acceptors (Lipinski definition) is 4. The van der Waals surface area contributed by atoms with Gasteiger partial charge >= 0.3 is 19.1 Å². The maximum atomic E-state index is 13.3. The molecule has 2 rings (SSSR count). The molecule has 1 fully saturated rings. The van der Waals surface area contributed by atoms with Gasteiger partial charge in [-0.25, -0.2) is 22.0 Å². The molecule has 1 aliphatic rings. The number of rotatable bonds is 1. The van der Waals surface area contributed by atoms with E-state index in [1.807, 2.05) is 0 Å². The second-order valence-corrected chi connectivity index (χ2v) is 3.47. The SMILES string of the molecule is O=C1CC(=O)OB(c2c(F)c(F)c(F)c(F)c2F)O1. The molecule has 0 unspecified atom stereocenters. The van der Waals surface area contributed by atoms with Gasteiger partial charge in [0.1, 0.15) is 6.42 Å². The standard InChI is InChI=1S/C9H2BF5O4/c11-5-4(6(12)8(14)9(15)7(5)13)10-18-2(16)1-3(17)19-10/h1H2. The van der Waals surface area contributed by atoms with Crippen LogP contribution in [0.25, 0.3) is 0 Å². The van der Waals surface area contributed by atoms with Crippen molar-refractivity contribution in [1.29, 1.82) is 0 Å². The Balaban J connectivity index is 2.56. The maximum Gasteiger partial charge on any atom is 0.642 e. The van der Waals surface area contributed by atoms with Crippen molar-refractivity contribution in [2.24, 2.45) is 0 Å². The van der Waals surface area contributed by atoms with E-state index in [2.05, 4.69) is 9.31 Å². The largest absolute Gasteiger partial charge is 0.642 e. The molecule has 100 valence electrons. The van der Waals surface area contributed by atoms with Gasteiger partial charge in [-0.3, -0.25) is 9.59 Å². The van der Waals surface area contributed by atoms with Crippen molar-refractivity contribution in [3.8, 4) is 0 Å². The quantitative estimate of drug-likeness (QED) is 0.248. The van der Waals surface area contributed by atoms with Gasteiger partial charge in [0, 0.05) is 0 Å². The molecule has 0 aliphatic carbocycles. The first-order chi connectivity index (χ1) is 8.82. The summed E-state index contributed by atoms with van der Waals surface area (Å²) in [6.45, 7) is 0. The summed E-state index contributed by atoms with van der Waals surface area (Å²) in [6.07, 6.45) is -0.814. The van der Waals surface area contributed by atoms with E-state index in [0.29, 0.717) is 0 Å². The fourth-order valence-corrected chi connectivity index (χ4v) is 1.41. The molecule has 0 saturated carbocycles. The Morgan fingerprint density at radius 1 is 0.737 bits per heavy atom. The minimum atomic E-state index is -2.37. The lowest BCUT2D eigenvalue weighted by Crippen LogP contribution is -2.49. The smallest absolute Gasteiger partial charge is 0.495 e. The summed E-state index contributed by atoms with van der Waals surface area (Å²) >= 11 is 0. The molecule has 0 N–H and O–H groups in total. The van der Waals surface area contributed by atoms with Crippen LogP contribution in [0.4, 0.5) is 22.0 Å². The normalized spacial score (nSPS) is 15.3. The van der Waals surface area contributed by atoms with Gasteiger partial charge in [-0.1, -0.05) is 0 Å². The number of carbonyl (C=O) groups excluding carboxylic acids is 2. The van der Waals surface area contributed by atoms with E-state index in [0.717, 1.165) is 0 Å². The number of benzene rings is 1. The fraction of sp³-hybridized carbons (Fsp3) is 0.111. The molecule has 0 amide bonds. The van der Waals surface area contributed by atoms with Gasteiger partial charge < -0.3 is 9.31 Å². The Hall–Kier alpha value is -2.13. The highest BCUT2D eigenvalue weighted by atomic mass is 19.2. The van der Waals surface area contributed by atoms with Crippen molar-refractivity contribution in [3.05, 3.63) is 29.1 Å². The predicted molar refractivity (Wildman–Crippen MR) is 48.4 cm³/mol. The van der Waals surface area contributed by atoms with Crippen LogP contribution in [0, 0.1) is 29.1 Å². The van der Waals surface area contributed by atoms with Crippen LogP contribution >= 0.6 is 0 Å². The number of halogens is 5. The molecule has 0 radical (unpaired) electrons. The second kappa shape index (κ2) is 4.52. The summed E-state index contributed by atoms with van der Waals surface area (Å²) in [5.74, 6) is -13.7. The van der Waals surface area contributed by atoms with Gasteiger partial charge in [0.15, 0.2) is 29.1 Å². The Labute approximate surface area is 102 Å². The van der Waals surface area contributed by atoms with Crippen molar-refractivity contribution in [1.82, 2.24) is 0 Å². The molecule has 4 nitrogen and oxygen atoms in total. The summed E-state index contributed by atoms with van der Waals surface area (Å²) in [5, 5.41) is 0. The lowest BCUT2D eigenvalue weighted by molar-refractivity contribution is -0.151. The molecule has 1 heterocycles. The predicted octanol–water partition coefficient (Wildman–Crippen LogP) is 0.567. The third-order valence-corrected chi connectivity index (χ3v) is 2.25. The lowest BCUT2D eigenvalue weighted by Gasteiger charge is -2.19. The van der Waals surface area contributed by atoms with Crippen LogP contribution in [0.1, 0.15) is 6.42 Å². The van der Waals surface area contributed by atoms with E-state index in [4.69, 9.17) is 0 Å². The van der Waals surface area contributed by atoms with Crippen LogP contribution in [0.2, 0.25) is 0 Å². The van der Waals surface area contributed by atoms with Gasteiger partial charge in [-0.05, 0) is 0 Å². The molecule has 0 spiro atoms. The Morgan fingerprint density at radius 3 is 1.53 bits per heavy atom. The Morgan fingerprint density at radius 2 is 1.11 bits per heavy atom. The van der Waals surface area contributed by atoms with E-state index < -0.39 is 60.0 Å². The summed E-state index contributed by atoms with van der Waals surface area (Å²) in [7, 11) is -2.31. The zero-order chi connectivity index (χ0) is 14.3. The lowest BCUT2D eigenvalue weighted by atomic mass is 9.76. The molecule has 10 heteroatoms. The molecule has 0 atom stereocenters. The van der Waals surface area contributed by atoms with Crippen LogP contribution < -0.4 is 5.46 Å². The van der Waals surface area contributed by atoms with Crippen molar-refractivity contribution >= 4 is 24.5 Å². The highest BCUT2D eigenvalue weighted by Gasteiger charge is 2.44. The second-order valence-electron chi connectivity index (χ2n) is 3.47. The van der Waals surface area contributed by atoms with Crippen LogP contribution in [0.5, 0.6) is 0 Å². The first-order valence-electron chi connectivity index (χ1n) is 4.73. The van der Waals surface area contributed by atoms with E-state index >= 15 is 0 Å². The molecule has 19 heavy (non-hydrogen) atoms. The molecule has 0 aromatic heterocycles. The molecule has 1 aromatic rings. The zero-order valence-electron chi connectivity index (χ0n) is 8.81. The third kappa shape index (κ3) is 2.13. The average molecular weight is 280 g/mol. The summed E-state index contributed by atoms with van der Waals surface area (Å²) in [4.78, 5) is 21.8. The summed E-state index contributed by atoms with van der Waals surface area (Å²) in [5.41, 5.74) is -1.53. The molecular formula is C9H2BF5O4. The van der Waals surface area contributed by atoms with Crippen molar-refractivity contribution in [2.75, 3.05) is 0 Å². The topological polar surface area (TPSA) is 52.6 Å². The van der Waals surface area contributed by atoms with Gasteiger partial charge in [0.2, 0.25) is 0 Å². The van der Waals surface area contributed by atoms with Crippen LogP contribution in [-0.2, 0) is 18.9 Å².